The van der Waals surface area contributed by atoms with Gasteiger partial charge in [-0.25, -0.2) is 9.97 Å². The summed E-state index contributed by atoms with van der Waals surface area (Å²) in [6.45, 7) is 6.11. The average Bonchev–Trinajstić information content (AvgIpc) is 2.81. The molecule has 7 heteroatoms. The van der Waals surface area contributed by atoms with Crippen molar-refractivity contribution in [3.8, 4) is 0 Å². The van der Waals surface area contributed by atoms with E-state index in [1.165, 1.54) is 10.4 Å². The number of thiophene rings is 1. The summed E-state index contributed by atoms with van der Waals surface area (Å²) in [7, 11) is 2.18. The smallest absolute Gasteiger partial charge is 0.190 e. The molecule has 0 aromatic carbocycles. The third kappa shape index (κ3) is 2.71. The molecule has 2 aromatic rings. The summed E-state index contributed by atoms with van der Waals surface area (Å²) in [5.41, 5.74) is 1.50. The molecule has 1 aliphatic rings. The monoisotopic (exact) mass is 338 g/mol. The molecule has 2 aromatic heterocycles. The molecule has 120 valence electrons. The average molecular weight is 339 g/mol. The first-order valence-electron chi connectivity index (χ1n) is 7.38. The minimum absolute atomic E-state index is 0.0979. The Hall–Kier alpha value is -0.890. The van der Waals surface area contributed by atoms with Gasteiger partial charge in [-0.05, 0) is 39.1 Å². The van der Waals surface area contributed by atoms with E-state index in [9.17, 15) is 0 Å². The first-order chi connectivity index (χ1) is 10.5. The van der Waals surface area contributed by atoms with Crippen LogP contribution in [-0.2, 0) is 13.0 Å². The van der Waals surface area contributed by atoms with Gasteiger partial charge < -0.3 is 10.4 Å². The molecule has 0 amide bonds. The minimum atomic E-state index is 0.0979. The van der Waals surface area contributed by atoms with E-state index in [0.29, 0.717) is 6.54 Å². The predicted octanol–water partition coefficient (Wildman–Crippen LogP) is 2.58. The fraction of sp³-hybridized carbons (Fsp3) is 0.600. The Morgan fingerprint density at radius 2 is 2.18 bits per heavy atom. The lowest BCUT2D eigenvalue weighted by Crippen LogP contribution is -2.45. The molecule has 0 aliphatic carbocycles. The van der Waals surface area contributed by atoms with Gasteiger partial charge in [-0.2, -0.15) is 0 Å². The summed E-state index contributed by atoms with van der Waals surface area (Å²) >= 11 is 3.32. The fourth-order valence-electron chi connectivity index (χ4n) is 2.79. The number of thioether (sulfide) groups is 1. The molecule has 0 spiro atoms. The zero-order chi connectivity index (χ0) is 15.9. The second-order valence-corrected chi connectivity index (χ2v) is 8.10. The van der Waals surface area contributed by atoms with Gasteiger partial charge in [-0.15, -0.1) is 11.3 Å². The molecule has 2 N–H and O–H groups in total. The van der Waals surface area contributed by atoms with E-state index in [0.717, 1.165) is 34.2 Å². The van der Waals surface area contributed by atoms with Gasteiger partial charge in [-0.3, -0.25) is 4.90 Å². The number of aromatic nitrogens is 2. The number of nitrogens with zero attached hydrogens (tertiary/aromatic N) is 3. The van der Waals surface area contributed by atoms with Crippen molar-refractivity contribution in [1.82, 2.24) is 14.9 Å². The number of aliphatic hydroxyl groups excluding tert-OH is 1. The number of aliphatic hydroxyl groups is 1. The van der Waals surface area contributed by atoms with E-state index < -0.39 is 0 Å². The van der Waals surface area contributed by atoms with Gasteiger partial charge in [0.2, 0.25) is 0 Å². The van der Waals surface area contributed by atoms with Gasteiger partial charge in [0.15, 0.2) is 5.16 Å². The highest BCUT2D eigenvalue weighted by atomic mass is 32.2. The Morgan fingerprint density at radius 3 is 2.86 bits per heavy atom. The van der Waals surface area contributed by atoms with Crippen molar-refractivity contribution >= 4 is 39.1 Å². The largest absolute Gasteiger partial charge is 0.395 e. The van der Waals surface area contributed by atoms with Crippen LogP contribution in [0.2, 0.25) is 0 Å². The summed E-state index contributed by atoms with van der Waals surface area (Å²) in [5, 5.41) is 14.3. The molecule has 0 unspecified atom stereocenters. The normalized spacial score (nSPS) is 17.7. The van der Waals surface area contributed by atoms with Crippen LogP contribution in [0.15, 0.2) is 5.16 Å². The van der Waals surface area contributed by atoms with Crippen molar-refractivity contribution in [2.24, 2.45) is 0 Å². The summed E-state index contributed by atoms with van der Waals surface area (Å²) in [4.78, 5) is 14.2. The molecule has 0 fully saturated rings. The van der Waals surface area contributed by atoms with Crippen LogP contribution in [0.1, 0.15) is 24.3 Å². The quantitative estimate of drug-likeness (QED) is 0.660. The van der Waals surface area contributed by atoms with Crippen LogP contribution in [0.25, 0.3) is 10.2 Å². The van der Waals surface area contributed by atoms with Crippen LogP contribution in [0, 0.1) is 0 Å². The topological polar surface area (TPSA) is 61.3 Å². The maximum atomic E-state index is 9.12. The number of likely N-dealkylation sites (N-methyl/N-ethyl adjacent to an activating group) is 1. The second kappa shape index (κ2) is 5.96. The maximum absolute atomic E-state index is 9.12. The highest BCUT2D eigenvalue weighted by molar-refractivity contribution is 7.98. The summed E-state index contributed by atoms with van der Waals surface area (Å²) in [6.07, 6.45) is 2.98. The van der Waals surface area contributed by atoms with Gasteiger partial charge in [-0.1, -0.05) is 11.8 Å². The van der Waals surface area contributed by atoms with Gasteiger partial charge >= 0.3 is 0 Å². The zero-order valence-electron chi connectivity index (χ0n) is 13.4. The van der Waals surface area contributed by atoms with Crippen molar-refractivity contribution in [2.45, 2.75) is 37.5 Å². The fourth-order valence-corrected chi connectivity index (χ4v) is 4.46. The second-order valence-electron chi connectivity index (χ2n) is 6.24. The van der Waals surface area contributed by atoms with Crippen LogP contribution < -0.4 is 5.32 Å². The molecule has 5 nitrogen and oxygen atoms in total. The standard InChI is InChI=1S/C15H22N4OS2/c1-15(2)7-9-10(8-19(15)3)22-13-11(9)12(16-5-6-20)17-14(18-13)21-4/h20H,5-8H2,1-4H3,(H,16,17,18). The predicted molar refractivity (Wildman–Crippen MR) is 94.0 cm³/mol. The third-order valence-electron chi connectivity index (χ3n) is 4.32. The molecule has 0 radical (unpaired) electrons. The number of anilines is 1. The van der Waals surface area contributed by atoms with Gasteiger partial charge in [0.05, 0.1) is 12.0 Å². The van der Waals surface area contributed by atoms with Gasteiger partial charge in [0, 0.05) is 23.5 Å². The van der Waals surface area contributed by atoms with Crippen molar-refractivity contribution < 1.29 is 5.11 Å². The van der Waals surface area contributed by atoms with Crippen molar-refractivity contribution in [3.05, 3.63) is 10.4 Å². The molecule has 0 saturated heterocycles. The molecule has 0 atom stereocenters. The summed E-state index contributed by atoms with van der Waals surface area (Å²) in [5.74, 6) is 0.862. The van der Waals surface area contributed by atoms with Crippen LogP contribution in [0.5, 0.6) is 0 Å². The van der Waals surface area contributed by atoms with E-state index in [-0.39, 0.29) is 12.1 Å². The SMILES string of the molecule is CSc1nc(NCCO)c2c3c(sc2n1)CN(C)C(C)(C)C3. The lowest BCUT2D eigenvalue weighted by molar-refractivity contribution is 0.136. The van der Waals surface area contributed by atoms with Crippen LogP contribution in [-0.4, -0.2) is 52.0 Å². The first kappa shape index (κ1) is 16.0. The highest BCUT2D eigenvalue weighted by Gasteiger charge is 2.33. The Bertz CT molecular complexity index is 698. The molecular weight excluding hydrogens is 316 g/mol. The van der Waals surface area contributed by atoms with Crippen molar-refractivity contribution in [2.75, 3.05) is 31.8 Å². The van der Waals surface area contributed by atoms with E-state index in [1.807, 2.05) is 6.26 Å². The molecular formula is C15H22N4OS2. The maximum Gasteiger partial charge on any atom is 0.190 e. The Labute approximate surface area is 139 Å². The molecule has 3 heterocycles. The van der Waals surface area contributed by atoms with E-state index >= 15 is 0 Å². The molecule has 22 heavy (non-hydrogen) atoms. The highest BCUT2D eigenvalue weighted by Crippen LogP contribution is 2.41. The molecule has 0 bridgehead atoms. The lowest BCUT2D eigenvalue weighted by Gasteiger charge is -2.39. The number of fused-ring (bicyclic) bond motifs is 3. The molecule has 3 rings (SSSR count). The Morgan fingerprint density at radius 1 is 1.41 bits per heavy atom. The van der Waals surface area contributed by atoms with E-state index in [1.54, 1.807) is 23.1 Å². The van der Waals surface area contributed by atoms with Gasteiger partial charge in [0.1, 0.15) is 10.6 Å². The molecule has 0 saturated carbocycles. The van der Waals surface area contributed by atoms with Crippen LogP contribution in [0.4, 0.5) is 5.82 Å². The van der Waals surface area contributed by atoms with Crippen LogP contribution in [0.3, 0.4) is 0 Å². The van der Waals surface area contributed by atoms with Crippen molar-refractivity contribution in [3.63, 3.8) is 0 Å². The van der Waals surface area contributed by atoms with Gasteiger partial charge in [0.25, 0.3) is 0 Å². The number of rotatable bonds is 4. The summed E-state index contributed by atoms with van der Waals surface area (Å²) in [6, 6.07) is 0. The Kier molecular flexibility index (Phi) is 4.33. The third-order valence-corrected chi connectivity index (χ3v) is 5.98. The van der Waals surface area contributed by atoms with Crippen LogP contribution >= 0.6 is 23.1 Å². The Balaban J connectivity index is 2.17. The minimum Gasteiger partial charge on any atom is -0.395 e. The number of hydrogen-bond donors (Lipinski definition) is 2. The molecule has 1 aliphatic heterocycles. The van der Waals surface area contributed by atoms with E-state index in [4.69, 9.17) is 5.11 Å². The zero-order valence-corrected chi connectivity index (χ0v) is 15.1. The van der Waals surface area contributed by atoms with E-state index in [2.05, 4.69) is 41.1 Å². The van der Waals surface area contributed by atoms with Crippen molar-refractivity contribution in [1.29, 1.82) is 0 Å². The lowest BCUT2D eigenvalue weighted by atomic mass is 9.88. The first-order valence-corrected chi connectivity index (χ1v) is 9.42. The number of hydrogen-bond acceptors (Lipinski definition) is 7. The summed E-state index contributed by atoms with van der Waals surface area (Å²) < 4.78 is 0. The number of nitrogens with one attached hydrogen (secondary N) is 1.